The van der Waals surface area contributed by atoms with Crippen LogP contribution < -0.4 is 14.8 Å². The van der Waals surface area contributed by atoms with E-state index in [0.717, 1.165) is 16.8 Å². The Bertz CT molecular complexity index is 962. The van der Waals surface area contributed by atoms with E-state index in [4.69, 9.17) is 9.47 Å². The van der Waals surface area contributed by atoms with E-state index in [9.17, 15) is 4.79 Å². The van der Waals surface area contributed by atoms with Crippen LogP contribution in [-0.2, 0) is 4.79 Å². The highest BCUT2D eigenvalue weighted by Crippen LogP contribution is 2.33. The molecule has 3 aromatic rings. The highest BCUT2D eigenvalue weighted by Gasteiger charge is 2.10. The number of carbonyl (C=O) groups excluding carboxylic acids is 1. The molecule has 1 heterocycles. The number of hydrogen-bond acceptors (Lipinski definition) is 5. The molecule has 0 unspecified atom stereocenters. The summed E-state index contributed by atoms with van der Waals surface area (Å²) < 4.78 is 10.6. The Kier molecular flexibility index (Phi) is 5.88. The fourth-order valence-electron chi connectivity index (χ4n) is 2.46. The van der Waals surface area contributed by atoms with Crippen molar-refractivity contribution in [2.24, 2.45) is 0 Å². The molecule has 0 saturated heterocycles. The summed E-state index contributed by atoms with van der Waals surface area (Å²) in [7, 11) is 3.19. The van der Waals surface area contributed by atoms with Crippen LogP contribution in [0, 0.1) is 6.92 Å². The first-order chi connectivity index (χ1) is 13.1. The highest BCUT2D eigenvalue weighted by atomic mass is 32.1. The minimum Gasteiger partial charge on any atom is -0.493 e. The molecule has 5 nitrogen and oxygen atoms in total. The first-order valence-electron chi connectivity index (χ1n) is 8.32. The van der Waals surface area contributed by atoms with Gasteiger partial charge in [0.15, 0.2) is 16.6 Å². The van der Waals surface area contributed by atoms with E-state index in [1.54, 1.807) is 20.3 Å². The number of nitrogens with one attached hydrogen (secondary N) is 1. The van der Waals surface area contributed by atoms with Crippen LogP contribution in [0.2, 0.25) is 0 Å². The molecule has 0 aliphatic rings. The average Bonchev–Trinajstić information content (AvgIpc) is 3.15. The van der Waals surface area contributed by atoms with Crippen molar-refractivity contribution in [1.82, 2.24) is 4.98 Å². The van der Waals surface area contributed by atoms with Crippen molar-refractivity contribution in [2.75, 3.05) is 19.5 Å². The van der Waals surface area contributed by atoms with Gasteiger partial charge in [-0.3, -0.25) is 10.1 Å². The van der Waals surface area contributed by atoms with Crippen molar-refractivity contribution in [1.29, 1.82) is 0 Å². The number of aromatic nitrogens is 1. The van der Waals surface area contributed by atoms with Crippen LogP contribution in [0.1, 0.15) is 11.1 Å². The number of hydrogen-bond donors (Lipinski definition) is 1. The van der Waals surface area contributed by atoms with Gasteiger partial charge in [0.1, 0.15) is 0 Å². The average molecular weight is 380 g/mol. The molecular weight excluding hydrogens is 360 g/mol. The molecule has 1 amide bonds. The zero-order valence-electron chi connectivity index (χ0n) is 15.4. The second kappa shape index (κ2) is 8.51. The normalized spacial score (nSPS) is 10.8. The van der Waals surface area contributed by atoms with Gasteiger partial charge >= 0.3 is 0 Å². The zero-order valence-corrected chi connectivity index (χ0v) is 16.2. The minimum absolute atomic E-state index is 0.219. The molecular formula is C21H20N2O3S. The molecule has 2 aromatic carbocycles. The van der Waals surface area contributed by atoms with Crippen LogP contribution in [0.4, 0.5) is 5.13 Å². The van der Waals surface area contributed by atoms with Crippen LogP contribution in [0.25, 0.3) is 17.3 Å². The van der Waals surface area contributed by atoms with E-state index in [-0.39, 0.29) is 5.91 Å². The minimum atomic E-state index is -0.219. The van der Waals surface area contributed by atoms with Gasteiger partial charge < -0.3 is 9.47 Å². The van der Waals surface area contributed by atoms with E-state index in [1.807, 2.05) is 54.8 Å². The molecule has 0 radical (unpaired) electrons. The van der Waals surface area contributed by atoms with E-state index in [2.05, 4.69) is 10.3 Å². The number of anilines is 1. The smallest absolute Gasteiger partial charge is 0.250 e. The second-order valence-electron chi connectivity index (χ2n) is 5.84. The van der Waals surface area contributed by atoms with Gasteiger partial charge in [0, 0.05) is 17.0 Å². The summed E-state index contributed by atoms with van der Waals surface area (Å²) >= 11 is 1.37. The lowest BCUT2D eigenvalue weighted by Crippen LogP contribution is -2.07. The summed E-state index contributed by atoms with van der Waals surface area (Å²) in [5.41, 5.74) is 3.81. The van der Waals surface area contributed by atoms with Gasteiger partial charge in [0.25, 0.3) is 0 Å². The fourth-order valence-corrected chi connectivity index (χ4v) is 3.18. The second-order valence-corrected chi connectivity index (χ2v) is 6.70. The third kappa shape index (κ3) is 4.74. The first-order valence-corrected chi connectivity index (χ1v) is 9.20. The number of amides is 1. The van der Waals surface area contributed by atoms with E-state index in [0.29, 0.717) is 16.6 Å². The molecule has 0 spiro atoms. The van der Waals surface area contributed by atoms with Crippen LogP contribution in [0.3, 0.4) is 0 Å². The fraction of sp³-hybridized carbons (Fsp3) is 0.143. The summed E-state index contributed by atoms with van der Waals surface area (Å²) in [6.07, 6.45) is 3.28. The van der Waals surface area contributed by atoms with Crippen molar-refractivity contribution in [3.8, 4) is 22.8 Å². The Labute approximate surface area is 162 Å². The Morgan fingerprint density at radius 3 is 2.52 bits per heavy atom. The van der Waals surface area contributed by atoms with E-state index >= 15 is 0 Å². The molecule has 138 valence electrons. The maximum absolute atomic E-state index is 12.1. The third-order valence-corrected chi connectivity index (χ3v) is 4.68. The highest BCUT2D eigenvalue weighted by molar-refractivity contribution is 7.14. The lowest BCUT2D eigenvalue weighted by atomic mass is 10.1. The Hall–Kier alpha value is -3.12. The Morgan fingerprint density at radius 2 is 1.81 bits per heavy atom. The molecule has 3 rings (SSSR count). The van der Waals surface area contributed by atoms with Gasteiger partial charge in [0.2, 0.25) is 5.91 Å². The quantitative estimate of drug-likeness (QED) is 0.625. The number of thiazole rings is 1. The number of benzene rings is 2. The maximum Gasteiger partial charge on any atom is 0.250 e. The summed E-state index contributed by atoms with van der Waals surface area (Å²) in [4.78, 5) is 16.6. The van der Waals surface area contributed by atoms with Gasteiger partial charge in [-0.2, -0.15) is 0 Å². The van der Waals surface area contributed by atoms with Crippen molar-refractivity contribution >= 4 is 28.5 Å². The molecule has 0 aliphatic carbocycles. The summed E-state index contributed by atoms with van der Waals surface area (Å²) in [6, 6.07) is 13.5. The van der Waals surface area contributed by atoms with Crippen molar-refractivity contribution in [3.05, 3.63) is 65.0 Å². The number of nitrogens with zero attached hydrogens (tertiary/aromatic N) is 1. The topological polar surface area (TPSA) is 60.5 Å². The summed E-state index contributed by atoms with van der Waals surface area (Å²) in [6.45, 7) is 2.03. The van der Waals surface area contributed by atoms with Gasteiger partial charge in [-0.05, 0) is 36.8 Å². The predicted octanol–water partition coefficient (Wildman–Crippen LogP) is 4.79. The van der Waals surface area contributed by atoms with Crippen LogP contribution in [0.5, 0.6) is 11.5 Å². The predicted molar refractivity (Wildman–Crippen MR) is 109 cm³/mol. The van der Waals surface area contributed by atoms with E-state index in [1.165, 1.54) is 23.0 Å². The van der Waals surface area contributed by atoms with Gasteiger partial charge in [-0.25, -0.2) is 4.98 Å². The van der Waals surface area contributed by atoms with Crippen LogP contribution in [-0.4, -0.2) is 25.1 Å². The molecule has 1 aromatic heterocycles. The number of methoxy groups -OCH3 is 2. The first kappa shape index (κ1) is 18.7. The molecule has 0 aliphatic heterocycles. The van der Waals surface area contributed by atoms with Crippen LogP contribution >= 0.6 is 11.3 Å². The monoisotopic (exact) mass is 380 g/mol. The number of carbonyl (C=O) groups is 1. The Morgan fingerprint density at radius 1 is 1.07 bits per heavy atom. The molecule has 27 heavy (non-hydrogen) atoms. The maximum atomic E-state index is 12.1. The Balaban J connectivity index is 1.68. The number of aryl methyl sites for hydroxylation is 1. The molecule has 1 N–H and O–H groups in total. The SMILES string of the molecule is COc1ccc(-c2csc(NC(=O)/C=C/c3ccc(C)cc3)n2)cc1OC. The lowest BCUT2D eigenvalue weighted by Gasteiger charge is -2.08. The number of rotatable bonds is 6. The largest absolute Gasteiger partial charge is 0.493 e. The molecule has 0 atom stereocenters. The third-order valence-electron chi connectivity index (χ3n) is 3.92. The lowest BCUT2D eigenvalue weighted by molar-refractivity contribution is -0.111. The van der Waals surface area contributed by atoms with Gasteiger partial charge in [-0.1, -0.05) is 29.8 Å². The number of ether oxygens (including phenoxy) is 2. The van der Waals surface area contributed by atoms with Crippen molar-refractivity contribution in [2.45, 2.75) is 6.92 Å². The molecule has 0 saturated carbocycles. The van der Waals surface area contributed by atoms with Gasteiger partial charge in [0.05, 0.1) is 19.9 Å². The summed E-state index contributed by atoms with van der Waals surface area (Å²) in [5, 5.41) is 5.22. The standard InChI is InChI=1S/C21H20N2O3S/c1-14-4-6-15(7-5-14)8-11-20(24)23-21-22-17(13-27-21)16-9-10-18(25-2)19(12-16)26-3/h4-13H,1-3H3,(H,22,23,24)/b11-8+. The van der Waals surface area contributed by atoms with Gasteiger partial charge in [-0.15, -0.1) is 11.3 Å². The molecule has 0 bridgehead atoms. The van der Waals surface area contributed by atoms with Crippen molar-refractivity contribution in [3.63, 3.8) is 0 Å². The summed E-state index contributed by atoms with van der Waals surface area (Å²) in [5.74, 6) is 1.07. The van der Waals surface area contributed by atoms with Crippen molar-refractivity contribution < 1.29 is 14.3 Å². The van der Waals surface area contributed by atoms with Crippen LogP contribution in [0.15, 0.2) is 53.9 Å². The zero-order chi connectivity index (χ0) is 19.2. The van der Waals surface area contributed by atoms with E-state index < -0.39 is 0 Å². The molecule has 6 heteroatoms. The molecule has 0 fully saturated rings.